The van der Waals surface area contributed by atoms with Crippen LogP contribution in [0, 0.1) is 5.82 Å². The van der Waals surface area contributed by atoms with Gasteiger partial charge < -0.3 is 0 Å². The average Bonchev–Trinajstić information content (AvgIpc) is 2.03. The monoisotopic (exact) mass is 234 g/mol. The molecule has 2 nitrogen and oxygen atoms in total. The van der Waals surface area contributed by atoms with E-state index < -0.39 is 5.97 Å². The van der Waals surface area contributed by atoms with Gasteiger partial charge in [-0.2, -0.15) is 0 Å². The van der Waals surface area contributed by atoms with Gasteiger partial charge in [-0.3, -0.25) is 0 Å². The molecular weight excluding hydrogens is 226 g/mol. The third-order valence-corrected chi connectivity index (χ3v) is 3.03. The van der Waals surface area contributed by atoms with Crippen LogP contribution in [0.3, 0.4) is 0 Å². The molecule has 0 heterocycles. The third kappa shape index (κ3) is 1.84. The Morgan fingerprint density at radius 3 is 2.75 bits per heavy atom. The molecule has 0 unspecified atom stereocenters. The van der Waals surface area contributed by atoms with Crippen LogP contribution in [-0.2, 0) is 0 Å². The Labute approximate surface area is 75.6 Å². The summed E-state index contributed by atoms with van der Waals surface area (Å²) in [6.45, 7) is 0. The molecule has 4 heteroatoms. The van der Waals surface area contributed by atoms with E-state index >= 15 is 0 Å². The second-order valence-electron chi connectivity index (χ2n) is 2.15. The van der Waals surface area contributed by atoms with Crippen molar-refractivity contribution in [2.45, 2.75) is 5.82 Å². The molecule has 0 amide bonds. The molecule has 0 saturated carbocycles. The van der Waals surface area contributed by atoms with Crippen molar-refractivity contribution in [3.05, 3.63) is 29.6 Å². The van der Waals surface area contributed by atoms with Gasteiger partial charge in [-0.15, -0.1) is 0 Å². The Kier molecular flexibility index (Phi) is 2.84. The first-order valence-electron chi connectivity index (χ1n) is 3.22. The molecule has 0 spiro atoms. The zero-order valence-electron chi connectivity index (χ0n) is 6.37. The van der Waals surface area contributed by atoms with Gasteiger partial charge >= 0.3 is 75.1 Å². The van der Waals surface area contributed by atoms with Crippen molar-refractivity contribution in [1.29, 1.82) is 0 Å². The van der Waals surface area contributed by atoms with Gasteiger partial charge in [-0.25, -0.2) is 0 Å². The molecule has 0 aliphatic rings. The van der Waals surface area contributed by atoms with Crippen molar-refractivity contribution in [2.75, 3.05) is 0 Å². The molecule has 1 N–H and O–H groups in total. The number of carboxylic acids is 1. The number of halogens is 1. The molecule has 0 radical (unpaired) electrons. The number of rotatable bonds is 2. The molecule has 1 rings (SSSR count). The molecule has 0 saturated heterocycles. The maximum atomic E-state index is 12.6. The second kappa shape index (κ2) is 3.70. The zero-order valence-corrected chi connectivity index (χ0v) is 8.09. The summed E-state index contributed by atoms with van der Waals surface area (Å²) in [4.78, 5) is 10.6. The van der Waals surface area contributed by atoms with Crippen LogP contribution >= 0.6 is 0 Å². The van der Waals surface area contributed by atoms with E-state index in [1.54, 1.807) is 0 Å². The van der Waals surface area contributed by atoms with E-state index in [0.717, 1.165) is 0 Å². The number of aromatic carboxylic acids is 1. The Hall–Kier alpha value is -0.861. The summed E-state index contributed by atoms with van der Waals surface area (Å²) in [6, 6.07) is 3.75. The molecule has 1 aromatic carbocycles. The number of hydrogen-bond donors (Lipinski definition) is 1. The molecule has 0 aliphatic heterocycles. The molecule has 1 aromatic rings. The van der Waals surface area contributed by atoms with E-state index in [0.29, 0.717) is 4.46 Å². The van der Waals surface area contributed by atoms with Gasteiger partial charge in [0.1, 0.15) is 0 Å². The summed E-state index contributed by atoms with van der Waals surface area (Å²) in [5.74, 6) is 0.487. The van der Waals surface area contributed by atoms with E-state index in [1.807, 2.05) is 5.82 Å². The van der Waals surface area contributed by atoms with Gasteiger partial charge in [0, 0.05) is 0 Å². The van der Waals surface area contributed by atoms with Crippen LogP contribution in [0.4, 0.5) is 4.39 Å². The van der Waals surface area contributed by atoms with Crippen LogP contribution in [0.25, 0.3) is 0 Å². The molecule has 12 heavy (non-hydrogen) atoms. The van der Waals surface area contributed by atoms with Gasteiger partial charge in [-0.1, -0.05) is 0 Å². The summed E-state index contributed by atoms with van der Waals surface area (Å²) in [7, 11) is 0. The first-order chi connectivity index (χ1) is 5.65. The van der Waals surface area contributed by atoms with Crippen LogP contribution in [0.15, 0.2) is 18.2 Å². The van der Waals surface area contributed by atoms with Gasteiger partial charge in [-0.05, 0) is 0 Å². The molecular formula is C8H7FO2Se. The number of carbonyl (C=O) groups is 1. The van der Waals surface area contributed by atoms with Crippen molar-refractivity contribution in [2.24, 2.45) is 0 Å². The van der Waals surface area contributed by atoms with Gasteiger partial charge in [0.05, 0.1) is 0 Å². The molecule has 0 bridgehead atoms. The Morgan fingerprint density at radius 2 is 2.25 bits per heavy atom. The number of benzene rings is 1. The Bertz CT molecular complexity index is 312. The van der Waals surface area contributed by atoms with Crippen LogP contribution < -0.4 is 4.46 Å². The summed E-state index contributed by atoms with van der Waals surface area (Å²) >= 11 is 0.00975. The molecule has 64 valence electrons. The van der Waals surface area contributed by atoms with E-state index in [2.05, 4.69) is 0 Å². The fraction of sp³-hybridized carbons (Fsp3) is 0.125. The summed E-state index contributed by atoms with van der Waals surface area (Å²) in [5, 5.41) is 8.68. The standard InChI is InChI=1S/C8H7FO2Se/c1-12-7-4-5(9)2-3-6(7)8(10)11/h2-4H,1H3,(H,10,11). The zero-order chi connectivity index (χ0) is 9.14. The van der Waals surface area contributed by atoms with Crippen LogP contribution in [0.5, 0.6) is 0 Å². The fourth-order valence-electron chi connectivity index (χ4n) is 0.842. The van der Waals surface area contributed by atoms with Crippen molar-refractivity contribution in [1.82, 2.24) is 0 Å². The molecule has 0 aliphatic carbocycles. The maximum absolute atomic E-state index is 12.6. The number of carboxylic acid groups (broad SMARTS) is 1. The van der Waals surface area contributed by atoms with Crippen LogP contribution in [-0.4, -0.2) is 26.0 Å². The first kappa shape index (κ1) is 9.23. The van der Waals surface area contributed by atoms with E-state index in [9.17, 15) is 9.18 Å². The predicted octanol–water partition coefficient (Wildman–Crippen LogP) is 0.901. The van der Waals surface area contributed by atoms with Gasteiger partial charge in [0.15, 0.2) is 0 Å². The van der Waals surface area contributed by atoms with Crippen molar-refractivity contribution < 1.29 is 14.3 Å². The fourth-order valence-corrected chi connectivity index (χ4v) is 2.11. The SMILES string of the molecule is C[Se]c1cc(F)ccc1C(=O)O. The normalized spacial score (nSPS) is 9.83. The second-order valence-corrected chi connectivity index (χ2v) is 3.93. The topological polar surface area (TPSA) is 37.3 Å². The van der Waals surface area contributed by atoms with Crippen molar-refractivity contribution >= 4 is 25.4 Å². The Balaban J connectivity index is 3.20. The van der Waals surface area contributed by atoms with E-state index in [1.165, 1.54) is 18.2 Å². The van der Waals surface area contributed by atoms with Crippen LogP contribution in [0.2, 0.25) is 5.82 Å². The van der Waals surface area contributed by atoms with Gasteiger partial charge in [0.25, 0.3) is 0 Å². The average molecular weight is 233 g/mol. The van der Waals surface area contributed by atoms with Crippen molar-refractivity contribution in [3.8, 4) is 0 Å². The summed E-state index contributed by atoms with van der Waals surface area (Å²) < 4.78 is 13.2. The van der Waals surface area contributed by atoms with Crippen LogP contribution in [0.1, 0.15) is 10.4 Å². The minimum atomic E-state index is -0.992. The first-order valence-corrected chi connectivity index (χ1v) is 5.79. The van der Waals surface area contributed by atoms with E-state index in [-0.39, 0.29) is 26.3 Å². The molecule has 0 atom stereocenters. The van der Waals surface area contributed by atoms with Gasteiger partial charge in [0.2, 0.25) is 0 Å². The minimum absolute atomic E-state index is 0.00975. The number of hydrogen-bond acceptors (Lipinski definition) is 1. The van der Waals surface area contributed by atoms with Crippen molar-refractivity contribution in [3.63, 3.8) is 0 Å². The Morgan fingerprint density at radius 1 is 1.58 bits per heavy atom. The predicted molar refractivity (Wildman–Crippen MR) is 44.6 cm³/mol. The van der Waals surface area contributed by atoms with E-state index in [4.69, 9.17) is 5.11 Å². The quantitative estimate of drug-likeness (QED) is 0.770. The summed E-state index contributed by atoms with van der Waals surface area (Å²) in [6.07, 6.45) is 0. The summed E-state index contributed by atoms with van der Waals surface area (Å²) in [5.41, 5.74) is 0.207. The molecule has 0 aromatic heterocycles. The third-order valence-electron chi connectivity index (χ3n) is 1.39. The molecule has 0 fully saturated rings.